The van der Waals surface area contributed by atoms with E-state index in [2.05, 4.69) is 191 Å². The van der Waals surface area contributed by atoms with Crippen LogP contribution in [0.5, 0.6) is 0 Å². The molecular weight excluding hydrogens is 659 g/mol. The fourth-order valence-electron chi connectivity index (χ4n) is 7.56. The molecule has 0 saturated carbocycles. The minimum absolute atomic E-state index is 0.211. The van der Waals surface area contributed by atoms with Gasteiger partial charge in [-0.3, -0.25) is 0 Å². The van der Waals surface area contributed by atoms with E-state index < -0.39 is 0 Å². The van der Waals surface area contributed by atoms with Crippen molar-refractivity contribution in [1.29, 1.82) is 0 Å². The molecule has 0 aliphatic rings. The van der Waals surface area contributed by atoms with Crippen LogP contribution in [0.25, 0.3) is 68.7 Å². The van der Waals surface area contributed by atoms with Crippen LogP contribution in [0.4, 0.5) is 17.1 Å². The molecule has 0 aliphatic carbocycles. The number of hydrogen-bond acceptors (Lipinski definition) is 1. The van der Waals surface area contributed by atoms with Gasteiger partial charge in [-0.15, -0.1) is 0 Å². The summed E-state index contributed by atoms with van der Waals surface area (Å²) in [5.41, 5.74) is 9.44. The van der Waals surface area contributed by atoms with Gasteiger partial charge in [-0.05, 0) is 0 Å². The van der Waals surface area contributed by atoms with Crippen molar-refractivity contribution < 1.29 is 0 Å². The summed E-state index contributed by atoms with van der Waals surface area (Å²) in [6.07, 6.45) is 0. The van der Waals surface area contributed by atoms with Crippen molar-refractivity contribution in [1.82, 2.24) is 4.57 Å². The quantitative estimate of drug-likeness (QED) is 0.163. The van der Waals surface area contributed by atoms with Crippen molar-refractivity contribution >= 4 is 83.4 Å². The fraction of sp³-hybridized carbons (Fsp3) is 0. The van der Waals surface area contributed by atoms with Gasteiger partial charge in [0.05, 0.1) is 0 Å². The van der Waals surface area contributed by atoms with Gasteiger partial charge >= 0.3 is 292 Å². The molecule has 49 heavy (non-hydrogen) atoms. The van der Waals surface area contributed by atoms with E-state index in [9.17, 15) is 0 Å². The Bertz CT molecular complexity index is 2830. The maximum absolute atomic E-state index is 2.49. The molecule has 10 rings (SSSR count). The molecule has 2 aromatic heterocycles. The zero-order valence-electron chi connectivity index (χ0n) is 26.6. The standard InChI is InChI=1S/C46H30N2Se/c1-3-13-31(14-4-1)33-16-11-19-35(29-33)47(42-23-12-15-32-25-27-40-39-21-8-10-24-44(39)49-46(40)45(32)42)36-26-28-38-37-20-7-9-22-41(37)48(43(38)30-36)34-17-5-2-6-18-34/h1-30H. The number of benzene rings is 8. The Morgan fingerprint density at radius 1 is 0.429 bits per heavy atom. The molecule has 0 N–H and O–H groups in total. The molecule has 0 unspecified atom stereocenters. The second kappa shape index (κ2) is 11.4. The van der Waals surface area contributed by atoms with Gasteiger partial charge in [0.2, 0.25) is 0 Å². The molecule has 0 bridgehead atoms. The van der Waals surface area contributed by atoms with Gasteiger partial charge in [0.25, 0.3) is 0 Å². The minimum atomic E-state index is 0.211. The summed E-state index contributed by atoms with van der Waals surface area (Å²) in [7, 11) is 0. The third-order valence-electron chi connectivity index (χ3n) is 9.75. The second-order valence-electron chi connectivity index (χ2n) is 12.6. The summed E-state index contributed by atoms with van der Waals surface area (Å²) in [6.45, 7) is 0. The third kappa shape index (κ3) is 4.55. The van der Waals surface area contributed by atoms with Crippen LogP contribution in [-0.2, 0) is 0 Å². The molecule has 3 heteroatoms. The Morgan fingerprint density at radius 3 is 1.98 bits per heavy atom. The molecule has 0 spiro atoms. The first-order chi connectivity index (χ1) is 24.3. The van der Waals surface area contributed by atoms with Crippen molar-refractivity contribution in [3.05, 3.63) is 182 Å². The summed E-state index contributed by atoms with van der Waals surface area (Å²) in [5.74, 6) is 0. The maximum atomic E-state index is 2.49. The van der Waals surface area contributed by atoms with Gasteiger partial charge in [-0.2, -0.15) is 0 Å². The van der Waals surface area contributed by atoms with Gasteiger partial charge in [0.1, 0.15) is 0 Å². The Balaban J connectivity index is 1.29. The summed E-state index contributed by atoms with van der Waals surface area (Å²) in [5, 5.41) is 7.86. The van der Waals surface area contributed by atoms with Crippen molar-refractivity contribution in [3.8, 4) is 16.8 Å². The molecule has 0 amide bonds. The van der Waals surface area contributed by atoms with E-state index in [1.54, 1.807) is 0 Å². The Kier molecular flexibility index (Phi) is 6.55. The van der Waals surface area contributed by atoms with Crippen molar-refractivity contribution in [2.24, 2.45) is 0 Å². The average Bonchev–Trinajstić information content (AvgIpc) is 3.71. The van der Waals surface area contributed by atoms with Crippen LogP contribution < -0.4 is 4.90 Å². The zero-order chi connectivity index (χ0) is 32.3. The van der Waals surface area contributed by atoms with Crippen LogP contribution >= 0.6 is 0 Å². The van der Waals surface area contributed by atoms with Crippen LogP contribution in [0.1, 0.15) is 0 Å². The Labute approximate surface area is 290 Å². The number of rotatable bonds is 5. The number of para-hydroxylation sites is 2. The molecule has 2 heterocycles. The number of fused-ring (bicyclic) bond motifs is 8. The fourth-order valence-corrected chi connectivity index (χ4v) is 10.2. The van der Waals surface area contributed by atoms with E-state index in [0.717, 1.165) is 17.1 Å². The topological polar surface area (TPSA) is 8.17 Å². The normalized spacial score (nSPS) is 11.7. The molecular formula is C46H30N2Se. The van der Waals surface area contributed by atoms with Crippen LogP contribution in [0.15, 0.2) is 182 Å². The van der Waals surface area contributed by atoms with E-state index in [1.807, 2.05) is 0 Å². The molecule has 0 atom stereocenters. The van der Waals surface area contributed by atoms with Crippen LogP contribution in [-0.4, -0.2) is 19.1 Å². The van der Waals surface area contributed by atoms with Crippen molar-refractivity contribution in [2.75, 3.05) is 4.90 Å². The van der Waals surface area contributed by atoms with Crippen LogP contribution in [0.2, 0.25) is 0 Å². The predicted octanol–water partition coefficient (Wildman–Crippen LogP) is 12.4. The second-order valence-corrected chi connectivity index (χ2v) is 14.8. The Morgan fingerprint density at radius 2 is 1.10 bits per heavy atom. The zero-order valence-corrected chi connectivity index (χ0v) is 28.3. The van der Waals surface area contributed by atoms with E-state index in [0.29, 0.717) is 0 Å². The Hall–Kier alpha value is -5.86. The summed E-state index contributed by atoms with van der Waals surface area (Å²) in [4.78, 5) is 2.49. The SMILES string of the molecule is c1ccc(-c2cccc(N(c3ccc4c5ccccc5n(-c5ccccc5)c4c3)c3cccc4ccc5c6ccccc6[se]c5c34)c2)cc1. The molecule has 0 radical (unpaired) electrons. The average molecular weight is 690 g/mol. The van der Waals surface area contributed by atoms with Gasteiger partial charge in [-0.25, -0.2) is 0 Å². The van der Waals surface area contributed by atoms with Gasteiger partial charge in [0, 0.05) is 0 Å². The first kappa shape index (κ1) is 28.2. The van der Waals surface area contributed by atoms with E-state index in [-0.39, 0.29) is 14.5 Å². The van der Waals surface area contributed by atoms with Crippen LogP contribution in [0, 0.1) is 0 Å². The van der Waals surface area contributed by atoms with Gasteiger partial charge in [-0.1, -0.05) is 0 Å². The van der Waals surface area contributed by atoms with E-state index in [1.165, 1.54) is 68.7 Å². The van der Waals surface area contributed by atoms with Crippen molar-refractivity contribution in [2.45, 2.75) is 0 Å². The first-order valence-electron chi connectivity index (χ1n) is 16.7. The predicted molar refractivity (Wildman–Crippen MR) is 210 cm³/mol. The molecule has 8 aromatic carbocycles. The molecule has 230 valence electrons. The first-order valence-corrected chi connectivity index (χ1v) is 18.4. The molecule has 0 saturated heterocycles. The third-order valence-corrected chi connectivity index (χ3v) is 12.3. The van der Waals surface area contributed by atoms with E-state index >= 15 is 0 Å². The van der Waals surface area contributed by atoms with E-state index in [4.69, 9.17) is 0 Å². The van der Waals surface area contributed by atoms with Gasteiger partial charge in [0.15, 0.2) is 0 Å². The van der Waals surface area contributed by atoms with Gasteiger partial charge < -0.3 is 0 Å². The van der Waals surface area contributed by atoms with Crippen molar-refractivity contribution in [3.63, 3.8) is 0 Å². The summed E-state index contributed by atoms with van der Waals surface area (Å²) in [6, 6.07) is 66.6. The van der Waals surface area contributed by atoms with Crippen LogP contribution in [0.3, 0.4) is 0 Å². The number of nitrogens with zero attached hydrogens (tertiary/aromatic N) is 2. The monoisotopic (exact) mass is 690 g/mol. The number of anilines is 3. The molecule has 2 nitrogen and oxygen atoms in total. The number of aromatic nitrogens is 1. The summed E-state index contributed by atoms with van der Waals surface area (Å²) < 4.78 is 5.33. The molecule has 10 aromatic rings. The molecule has 0 fully saturated rings. The number of hydrogen-bond donors (Lipinski definition) is 0. The molecule has 0 aliphatic heterocycles. The summed E-state index contributed by atoms with van der Waals surface area (Å²) >= 11 is 0.211.